The zero-order valence-corrected chi connectivity index (χ0v) is 15.6. The SMILES string of the molecule is CCOC(C)c1noc(CN2CCN(c3ccc(Cl)c(C#N)n3)CC2)n1. The molecule has 0 aliphatic carbocycles. The summed E-state index contributed by atoms with van der Waals surface area (Å²) in [4.78, 5) is 13.1. The van der Waals surface area contributed by atoms with E-state index in [1.165, 1.54) is 0 Å². The molecular formula is C17H21ClN6O2. The van der Waals surface area contributed by atoms with Crippen molar-refractivity contribution in [3.05, 3.63) is 34.6 Å². The van der Waals surface area contributed by atoms with E-state index < -0.39 is 0 Å². The van der Waals surface area contributed by atoms with Crippen LogP contribution in [0.25, 0.3) is 0 Å². The Labute approximate surface area is 157 Å². The van der Waals surface area contributed by atoms with E-state index >= 15 is 0 Å². The zero-order chi connectivity index (χ0) is 18.5. The van der Waals surface area contributed by atoms with Gasteiger partial charge in [-0.15, -0.1) is 0 Å². The van der Waals surface area contributed by atoms with Crippen LogP contribution in [-0.4, -0.2) is 52.8 Å². The van der Waals surface area contributed by atoms with Crippen molar-refractivity contribution in [3.63, 3.8) is 0 Å². The van der Waals surface area contributed by atoms with E-state index in [2.05, 4.69) is 24.9 Å². The number of anilines is 1. The van der Waals surface area contributed by atoms with Crippen molar-refractivity contribution in [2.45, 2.75) is 26.5 Å². The fraction of sp³-hybridized carbons (Fsp3) is 0.529. The van der Waals surface area contributed by atoms with E-state index in [0.29, 0.717) is 29.9 Å². The summed E-state index contributed by atoms with van der Waals surface area (Å²) in [5, 5.41) is 13.4. The Balaban J connectivity index is 1.55. The Morgan fingerprint density at radius 3 is 2.77 bits per heavy atom. The van der Waals surface area contributed by atoms with E-state index in [9.17, 15) is 0 Å². The van der Waals surface area contributed by atoms with Gasteiger partial charge in [0.25, 0.3) is 0 Å². The molecule has 138 valence electrons. The minimum atomic E-state index is -0.167. The molecule has 26 heavy (non-hydrogen) atoms. The van der Waals surface area contributed by atoms with Crippen LogP contribution in [0.2, 0.25) is 5.02 Å². The lowest BCUT2D eigenvalue weighted by Gasteiger charge is -2.34. The van der Waals surface area contributed by atoms with E-state index in [1.54, 1.807) is 6.07 Å². The summed E-state index contributed by atoms with van der Waals surface area (Å²) in [5.41, 5.74) is 0.258. The molecule has 3 heterocycles. The van der Waals surface area contributed by atoms with Gasteiger partial charge in [-0.05, 0) is 26.0 Å². The van der Waals surface area contributed by atoms with Gasteiger partial charge in [0, 0.05) is 32.8 Å². The number of nitriles is 1. The maximum Gasteiger partial charge on any atom is 0.240 e. The largest absolute Gasteiger partial charge is 0.371 e. The number of nitrogens with zero attached hydrogens (tertiary/aromatic N) is 6. The van der Waals surface area contributed by atoms with Crippen molar-refractivity contribution >= 4 is 17.4 Å². The summed E-state index contributed by atoms with van der Waals surface area (Å²) in [5.74, 6) is 1.95. The number of halogens is 1. The van der Waals surface area contributed by atoms with Crippen LogP contribution >= 0.6 is 11.6 Å². The van der Waals surface area contributed by atoms with Gasteiger partial charge in [-0.3, -0.25) is 4.90 Å². The van der Waals surface area contributed by atoms with Gasteiger partial charge in [0.15, 0.2) is 11.5 Å². The summed E-state index contributed by atoms with van der Waals surface area (Å²) in [6.07, 6.45) is -0.167. The van der Waals surface area contributed by atoms with Gasteiger partial charge < -0.3 is 14.2 Å². The topological polar surface area (TPSA) is 91.3 Å². The summed E-state index contributed by atoms with van der Waals surface area (Å²) in [7, 11) is 0. The third-order valence-corrected chi connectivity index (χ3v) is 4.56. The van der Waals surface area contributed by atoms with Crippen molar-refractivity contribution in [2.75, 3.05) is 37.7 Å². The Kier molecular flexibility index (Phi) is 6.04. The lowest BCUT2D eigenvalue weighted by molar-refractivity contribution is 0.0683. The van der Waals surface area contributed by atoms with Gasteiger partial charge in [0.05, 0.1) is 11.6 Å². The van der Waals surface area contributed by atoms with Gasteiger partial charge in [0.2, 0.25) is 5.89 Å². The summed E-state index contributed by atoms with van der Waals surface area (Å²) < 4.78 is 10.8. The second-order valence-electron chi connectivity index (χ2n) is 6.02. The first-order valence-corrected chi connectivity index (χ1v) is 8.96. The van der Waals surface area contributed by atoms with Crippen LogP contribution in [0.15, 0.2) is 16.7 Å². The molecule has 0 aromatic carbocycles. The van der Waals surface area contributed by atoms with Gasteiger partial charge in [0.1, 0.15) is 18.0 Å². The Morgan fingerprint density at radius 2 is 2.08 bits per heavy atom. The fourth-order valence-electron chi connectivity index (χ4n) is 2.83. The Bertz CT molecular complexity index is 782. The van der Waals surface area contributed by atoms with Crippen molar-refractivity contribution in [3.8, 4) is 6.07 Å². The van der Waals surface area contributed by atoms with E-state index in [0.717, 1.165) is 32.0 Å². The molecule has 1 aliphatic rings. The second kappa shape index (κ2) is 8.45. The highest BCUT2D eigenvalue weighted by molar-refractivity contribution is 6.31. The number of hydrogen-bond acceptors (Lipinski definition) is 8. The van der Waals surface area contributed by atoms with Crippen LogP contribution in [-0.2, 0) is 11.3 Å². The maximum absolute atomic E-state index is 9.07. The Hall–Kier alpha value is -2.21. The highest BCUT2D eigenvalue weighted by Crippen LogP contribution is 2.20. The average molecular weight is 377 g/mol. The van der Waals surface area contributed by atoms with Gasteiger partial charge in [-0.25, -0.2) is 4.98 Å². The predicted octanol–water partition coefficient (Wildman–Crippen LogP) is 2.41. The standard InChI is InChI=1S/C17H21ClN6O2/c1-3-25-12(2)17-21-16(26-22-17)11-23-6-8-24(9-7-23)15-5-4-13(18)14(10-19)20-15/h4-5,12H,3,6-9,11H2,1-2H3. The quantitative estimate of drug-likeness (QED) is 0.759. The van der Waals surface area contributed by atoms with Gasteiger partial charge in [-0.1, -0.05) is 16.8 Å². The van der Waals surface area contributed by atoms with Crippen LogP contribution in [0.1, 0.15) is 37.4 Å². The smallest absolute Gasteiger partial charge is 0.240 e. The molecule has 2 aromatic rings. The molecule has 1 atom stereocenters. The zero-order valence-electron chi connectivity index (χ0n) is 14.9. The molecule has 1 saturated heterocycles. The lowest BCUT2D eigenvalue weighted by atomic mass is 10.3. The van der Waals surface area contributed by atoms with Crippen LogP contribution in [0.4, 0.5) is 5.82 Å². The molecule has 1 fully saturated rings. The molecule has 1 aliphatic heterocycles. The molecule has 0 spiro atoms. The summed E-state index contributed by atoms with van der Waals surface area (Å²) in [6.45, 7) is 8.34. The van der Waals surface area contributed by atoms with E-state index in [4.69, 9.17) is 26.1 Å². The molecule has 0 saturated carbocycles. The first kappa shape index (κ1) is 18.6. The number of pyridine rings is 1. The number of piperazine rings is 1. The van der Waals surface area contributed by atoms with E-state index in [1.807, 2.05) is 26.0 Å². The molecule has 0 bridgehead atoms. The lowest BCUT2D eigenvalue weighted by Crippen LogP contribution is -2.46. The summed E-state index contributed by atoms with van der Waals surface area (Å²) >= 11 is 5.95. The minimum Gasteiger partial charge on any atom is -0.371 e. The number of aromatic nitrogens is 3. The van der Waals surface area contributed by atoms with Crippen LogP contribution in [0, 0.1) is 11.3 Å². The van der Waals surface area contributed by atoms with Crippen LogP contribution < -0.4 is 4.90 Å². The molecule has 9 heteroatoms. The highest BCUT2D eigenvalue weighted by atomic mass is 35.5. The van der Waals surface area contributed by atoms with Crippen LogP contribution in [0.3, 0.4) is 0 Å². The maximum atomic E-state index is 9.07. The third kappa shape index (κ3) is 4.30. The first-order chi connectivity index (χ1) is 12.6. The van der Waals surface area contributed by atoms with E-state index in [-0.39, 0.29) is 11.8 Å². The predicted molar refractivity (Wildman–Crippen MR) is 95.8 cm³/mol. The normalized spacial score (nSPS) is 16.5. The first-order valence-electron chi connectivity index (χ1n) is 8.58. The fourth-order valence-corrected chi connectivity index (χ4v) is 2.98. The molecule has 2 aromatic heterocycles. The van der Waals surface area contributed by atoms with Gasteiger partial charge >= 0.3 is 0 Å². The van der Waals surface area contributed by atoms with Gasteiger partial charge in [-0.2, -0.15) is 10.2 Å². The molecule has 0 N–H and O–H groups in total. The second-order valence-corrected chi connectivity index (χ2v) is 6.43. The third-order valence-electron chi connectivity index (χ3n) is 4.26. The summed E-state index contributed by atoms with van der Waals surface area (Å²) in [6, 6.07) is 5.58. The van der Waals surface area contributed by atoms with Crippen molar-refractivity contribution < 1.29 is 9.26 Å². The van der Waals surface area contributed by atoms with Crippen molar-refractivity contribution in [2.24, 2.45) is 0 Å². The van der Waals surface area contributed by atoms with Crippen molar-refractivity contribution in [1.82, 2.24) is 20.0 Å². The van der Waals surface area contributed by atoms with Crippen LogP contribution in [0.5, 0.6) is 0 Å². The number of rotatable bonds is 6. The average Bonchev–Trinajstić information content (AvgIpc) is 3.12. The number of ether oxygens (including phenoxy) is 1. The highest BCUT2D eigenvalue weighted by Gasteiger charge is 2.21. The molecule has 1 unspecified atom stereocenters. The molecule has 0 radical (unpaired) electrons. The minimum absolute atomic E-state index is 0.167. The van der Waals surface area contributed by atoms with Crippen molar-refractivity contribution in [1.29, 1.82) is 5.26 Å². The molecule has 0 amide bonds. The number of hydrogen-bond donors (Lipinski definition) is 0. The molecule has 8 nitrogen and oxygen atoms in total. The molecular weight excluding hydrogens is 356 g/mol. The molecule has 3 rings (SSSR count). The monoisotopic (exact) mass is 376 g/mol. The Morgan fingerprint density at radius 1 is 1.31 bits per heavy atom.